The van der Waals surface area contributed by atoms with Crippen LogP contribution >= 0.6 is 0 Å². The lowest BCUT2D eigenvalue weighted by atomic mass is 10.0. The third-order valence-electron chi connectivity index (χ3n) is 2.82. The lowest BCUT2D eigenvalue weighted by molar-refractivity contribution is 0.0983. The molecule has 0 N–H and O–H groups in total. The Balaban J connectivity index is 1.95. The molecule has 98 valence electrons. The number of rotatable bonds is 6. The van der Waals surface area contributed by atoms with Crippen LogP contribution in [0.2, 0.25) is 0 Å². The first-order valence-electron chi connectivity index (χ1n) is 6.44. The molecule has 0 saturated carbocycles. The highest BCUT2D eigenvalue weighted by Crippen LogP contribution is 2.14. The Labute approximate surface area is 113 Å². The van der Waals surface area contributed by atoms with Crippen molar-refractivity contribution < 1.29 is 9.53 Å². The molecule has 0 aliphatic heterocycles. The van der Waals surface area contributed by atoms with Crippen molar-refractivity contribution in [2.24, 2.45) is 0 Å². The molecule has 0 unspecified atom stereocenters. The molecule has 0 radical (unpaired) electrons. The van der Waals surface area contributed by atoms with Gasteiger partial charge in [-0.05, 0) is 25.0 Å². The van der Waals surface area contributed by atoms with Crippen molar-refractivity contribution in [1.82, 2.24) is 4.98 Å². The van der Waals surface area contributed by atoms with Crippen LogP contribution in [0.15, 0.2) is 48.8 Å². The summed E-state index contributed by atoms with van der Waals surface area (Å²) >= 11 is 0. The minimum absolute atomic E-state index is 0.155. The van der Waals surface area contributed by atoms with Gasteiger partial charge in [0.1, 0.15) is 5.75 Å². The molecule has 1 heterocycles. The van der Waals surface area contributed by atoms with Gasteiger partial charge in [0.2, 0.25) is 0 Å². The van der Waals surface area contributed by atoms with E-state index in [4.69, 9.17) is 4.74 Å². The second-order valence-corrected chi connectivity index (χ2v) is 4.25. The van der Waals surface area contributed by atoms with Gasteiger partial charge in [0.15, 0.2) is 5.78 Å². The van der Waals surface area contributed by atoms with Gasteiger partial charge >= 0.3 is 0 Å². The van der Waals surface area contributed by atoms with Crippen LogP contribution in [-0.2, 0) is 6.42 Å². The molecule has 3 nitrogen and oxygen atoms in total. The SMILES string of the molecule is CCOc1cncc(CCC(=O)c2ccccc2)c1. The van der Waals surface area contributed by atoms with Crippen LogP contribution in [-0.4, -0.2) is 17.4 Å². The van der Waals surface area contributed by atoms with Gasteiger partial charge in [-0.3, -0.25) is 9.78 Å². The van der Waals surface area contributed by atoms with Crippen molar-refractivity contribution in [1.29, 1.82) is 0 Å². The number of Topliss-reactive ketones (excluding diaryl/α,β-unsaturated/α-hetero) is 1. The van der Waals surface area contributed by atoms with Crippen molar-refractivity contribution in [3.8, 4) is 5.75 Å². The highest BCUT2D eigenvalue weighted by Gasteiger charge is 2.06. The predicted molar refractivity (Wildman–Crippen MR) is 74.5 cm³/mol. The van der Waals surface area contributed by atoms with Gasteiger partial charge in [0, 0.05) is 18.2 Å². The van der Waals surface area contributed by atoms with Crippen molar-refractivity contribution in [2.45, 2.75) is 19.8 Å². The van der Waals surface area contributed by atoms with E-state index >= 15 is 0 Å². The van der Waals surface area contributed by atoms with E-state index in [-0.39, 0.29) is 5.78 Å². The topological polar surface area (TPSA) is 39.2 Å². The van der Waals surface area contributed by atoms with Crippen LogP contribution in [0.5, 0.6) is 5.75 Å². The van der Waals surface area contributed by atoms with Crippen LogP contribution in [0.25, 0.3) is 0 Å². The summed E-state index contributed by atoms with van der Waals surface area (Å²) in [5.74, 6) is 0.912. The molecule has 3 heteroatoms. The standard InChI is InChI=1S/C16H17NO2/c1-2-19-15-10-13(11-17-12-15)8-9-16(18)14-6-4-3-5-7-14/h3-7,10-12H,2,8-9H2,1H3. The monoisotopic (exact) mass is 255 g/mol. The van der Waals surface area contributed by atoms with E-state index in [1.807, 2.05) is 43.3 Å². The van der Waals surface area contributed by atoms with Gasteiger partial charge < -0.3 is 4.74 Å². The first-order chi connectivity index (χ1) is 9.29. The Morgan fingerprint density at radius 2 is 2.00 bits per heavy atom. The lowest BCUT2D eigenvalue weighted by Crippen LogP contribution is -2.01. The van der Waals surface area contributed by atoms with Gasteiger partial charge in [-0.15, -0.1) is 0 Å². The number of ketones is 1. The summed E-state index contributed by atoms with van der Waals surface area (Å²) in [6.07, 6.45) is 4.63. The van der Waals surface area contributed by atoms with Crippen LogP contribution in [0.1, 0.15) is 29.3 Å². The summed E-state index contributed by atoms with van der Waals surface area (Å²) in [7, 11) is 0. The number of aromatic nitrogens is 1. The van der Waals surface area contributed by atoms with Gasteiger partial charge in [-0.25, -0.2) is 0 Å². The molecule has 0 aliphatic carbocycles. The smallest absolute Gasteiger partial charge is 0.163 e. The summed E-state index contributed by atoms with van der Waals surface area (Å²) in [6.45, 7) is 2.56. The van der Waals surface area contributed by atoms with E-state index in [0.717, 1.165) is 16.9 Å². The Morgan fingerprint density at radius 3 is 2.74 bits per heavy atom. The fraction of sp³-hybridized carbons (Fsp3) is 0.250. The Hall–Kier alpha value is -2.16. The predicted octanol–water partition coefficient (Wildman–Crippen LogP) is 3.30. The largest absolute Gasteiger partial charge is 0.492 e. The zero-order valence-electron chi connectivity index (χ0n) is 11.0. The number of ether oxygens (including phenoxy) is 1. The molecule has 2 rings (SSSR count). The zero-order valence-corrected chi connectivity index (χ0v) is 11.0. The second kappa shape index (κ2) is 6.69. The van der Waals surface area contributed by atoms with Crippen LogP contribution in [0, 0.1) is 0 Å². The quantitative estimate of drug-likeness (QED) is 0.743. The van der Waals surface area contributed by atoms with Crippen molar-refractivity contribution >= 4 is 5.78 Å². The maximum absolute atomic E-state index is 12.0. The van der Waals surface area contributed by atoms with Gasteiger partial charge in [-0.2, -0.15) is 0 Å². The minimum Gasteiger partial charge on any atom is -0.492 e. The number of pyridine rings is 1. The fourth-order valence-corrected chi connectivity index (χ4v) is 1.87. The van der Waals surface area contributed by atoms with E-state index in [2.05, 4.69) is 4.98 Å². The highest BCUT2D eigenvalue weighted by atomic mass is 16.5. The molecular weight excluding hydrogens is 238 g/mol. The van der Waals surface area contributed by atoms with E-state index in [1.165, 1.54) is 0 Å². The molecule has 0 amide bonds. The molecule has 0 bridgehead atoms. The number of nitrogens with zero attached hydrogens (tertiary/aromatic N) is 1. The maximum atomic E-state index is 12.0. The van der Waals surface area contributed by atoms with Crippen LogP contribution in [0.3, 0.4) is 0 Å². The van der Waals surface area contributed by atoms with Crippen LogP contribution in [0.4, 0.5) is 0 Å². The number of carbonyl (C=O) groups is 1. The van der Waals surface area contributed by atoms with Crippen molar-refractivity contribution in [2.75, 3.05) is 6.61 Å². The normalized spacial score (nSPS) is 10.2. The van der Waals surface area contributed by atoms with E-state index in [0.29, 0.717) is 19.4 Å². The molecule has 1 aromatic heterocycles. The number of benzene rings is 1. The van der Waals surface area contributed by atoms with Gasteiger partial charge in [0.05, 0.1) is 12.8 Å². The second-order valence-electron chi connectivity index (χ2n) is 4.25. The fourth-order valence-electron chi connectivity index (χ4n) is 1.87. The third-order valence-corrected chi connectivity index (χ3v) is 2.82. The first kappa shape index (κ1) is 13.3. The summed E-state index contributed by atoms with van der Waals surface area (Å²) < 4.78 is 5.39. The van der Waals surface area contributed by atoms with Crippen LogP contribution < -0.4 is 4.74 Å². The molecule has 0 fully saturated rings. The maximum Gasteiger partial charge on any atom is 0.163 e. The summed E-state index contributed by atoms with van der Waals surface area (Å²) in [6, 6.07) is 11.3. The molecule has 19 heavy (non-hydrogen) atoms. The van der Waals surface area contributed by atoms with E-state index in [1.54, 1.807) is 12.4 Å². The summed E-state index contributed by atoms with van der Waals surface area (Å²) in [4.78, 5) is 16.1. The molecular formula is C16H17NO2. The number of hydrogen-bond donors (Lipinski definition) is 0. The molecule has 0 aliphatic rings. The zero-order chi connectivity index (χ0) is 13.5. The van der Waals surface area contributed by atoms with E-state index in [9.17, 15) is 4.79 Å². The lowest BCUT2D eigenvalue weighted by Gasteiger charge is -2.05. The number of hydrogen-bond acceptors (Lipinski definition) is 3. The Bertz CT molecular complexity index is 537. The van der Waals surface area contributed by atoms with Gasteiger partial charge in [0.25, 0.3) is 0 Å². The number of carbonyl (C=O) groups excluding carboxylic acids is 1. The minimum atomic E-state index is 0.155. The summed E-state index contributed by atoms with van der Waals surface area (Å²) in [5, 5.41) is 0. The molecule has 2 aromatic rings. The molecule has 0 atom stereocenters. The highest BCUT2D eigenvalue weighted by molar-refractivity contribution is 5.96. The molecule has 0 spiro atoms. The average Bonchev–Trinajstić information content (AvgIpc) is 2.46. The summed E-state index contributed by atoms with van der Waals surface area (Å²) in [5.41, 5.74) is 1.78. The van der Waals surface area contributed by atoms with Crippen molar-refractivity contribution in [3.05, 3.63) is 59.9 Å². The van der Waals surface area contributed by atoms with E-state index < -0.39 is 0 Å². The Kier molecular flexibility index (Phi) is 4.67. The van der Waals surface area contributed by atoms with Crippen molar-refractivity contribution in [3.63, 3.8) is 0 Å². The molecule has 0 saturated heterocycles. The first-order valence-corrected chi connectivity index (χ1v) is 6.44. The van der Waals surface area contributed by atoms with Gasteiger partial charge in [-0.1, -0.05) is 30.3 Å². The average molecular weight is 255 g/mol. The Morgan fingerprint density at radius 1 is 1.21 bits per heavy atom. The third kappa shape index (κ3) is 3.91. The number of aryl methyl sites for hydroxylation is 1. The molecule has 1 aromatic carbocycles.